The van der Waals surface area contributed by atoms with Gasteiger partial charge in [0.25, 0.3) is 0 Å². The number of benzene rings is 1. The second-order valence-electron chi connectivity index (χ2n) is 6.59. The predicted octanol–water partition coefficient (Wildman–Crippen LogP) is 3.19. The molecule has 4 rings (SSSR count). The Labute approximate surface area is 142 Å². The summed E-state index contributed by atoms with van der Waals surface area (Å²) in [6.45, 7) is 4.95. The van der Waals surface area contributed by atoms with Crippen LogP contribution in [0.15, 0.2) is 42.7 Å². The third kappa shape index (κ3) is 3.17. The highest BCUT2D eigenvalue weighted by Crippen LogP contribution is 2.21. The first-order chi connectivity index (χ1) is 11.8. The molecule has 5 nitrogen and oxygen atoms in total. The highest BCUT2D eigenvalue weighted by Gasteiger charge is 2.24. The minimum absolute atomic E-state index is 0.508. The fourth-order valence-corrected chi connectivity index (χ4v) is 3.65. The lowest BCUT2D eigenvalue weighted by Gasteiger charge is -2.35. The lowest BCUT2D eigenvalue weighted by atomic mass is 10.0. The van der Waals surface area contributed by atoms with Crippen molar-refractivity contribution in [1.82, 2.24) is 24.6 Å². The highest BCUT2D eigenvalue weighted by atomic mass is 15.3. The van der Waals surface area contributed by atoms with Gasteiger partial charge >= 0.3 is 0 Å². The molecule has 5 heteroatoms. The number of para-hydroxylation sites is 1. The monoisotopic (exact) mass is 321 g/mol. The van der Waals surface area contributed by atoms with Gasteiger partial charge in [0.05, 0.1) is 18.6 Å². The average Bonchev–Trinajstić information content (AvgIpc) is 3.10. The van der Waals surface area contributed by atoms with Crippen LogP contribution in [0.25, 0.3) is 10.9 Å². The van der Waals surface area contributed by atoms with E-state index in [0.717, 1.165) is 42.1 Å². The van der Waals surface area contributed by atoms with Gasteiger partial charge in [-0.3, -0.25) is 9.58 Å². The minimum atomic E-state index is 0.508. The summed E-state index contributed by atoms with van der Waals surface area (Å²) in [7, 11) is 0. The van der Waals surface area contributed by atoms with E-state index in [4.69, 9.17) is 9.97 Å². The first-order valence-electron chi connectivity index (χ1n) is 8.73. The van der Waals surface area contributed by atoms with E-state index in [1.54, 1.807) is 0 Å². The van der Waals surface area contributed by atoms with E-state index in [0.29, 0.717) is 6.04 Å². The highest BCUT2D eigenvalue weighted by molar-refractivity contribution is 5.80. The number of hydrogen-bond donors (Lipinski definition) is 0. The van der Waals surface area contributed by atoms with Crippen molar-refractivity contribution in [3.05, 3.63) is 54.2 Å². The molecule has 3 aromatic rings. The van der Waals surface area contributed by atoms with Crippen molar-refractivity contribution in [2.75, 3.05) is 6.54 Å². The van der Waals surface area contributed by atoms with Gasteiger partial charge in [-0.2, -0.15) is 5.10 Å². The van der Waals surface area contributed by atoms with E-state index in [2.05, 4.69) is 29.1 Å². The third-order valence-electron chi connectivity index (χ3n) is 4.89. The van der Waals surface area contributed by atoms with Crippen LogP contribution in [0.5, 0.6) is 0 Å². The Balaban J connectivity index is 1.56. The maximum absolute atomic E-state index is 4.79. The molecule has 0 N–H and O–H groups in total. The Kier molecular flexibility index (Phi) is 4.26. The summed E-state index contributed by atoms with van der Waals surface area (Å²) in [5.41, 5.74) is 2.11. The fourth-order valence-electron chi connectivity index (χ4n) is 3.65. The van der Waals surface area contributed by atoms with Crippen molar-refractivity contribution in [1.29, 1.82) is 0 Å². The lowest BCUT2D eigenvalue weighted by Crippen LogP contribution is -2.42. The topological polar surface area (TPSA) is 46.8 Å². The van der Waals surface area contributed by atoms with Crippen LogP contribution in [0.2, 0.25) is 0 Å². The van der Waals surface area contributed by atoms with Crippen LogP contribution >= 0.6 is 0 Å². The molecule has 1 fully saturated rings. The number of aryl methyl sites for hydroxylation is 1. The van der Waals surface area contributed by atoms with Crippen molar-refractivity contribution in [3.63, 3.8) is 0 Å². The van der Waals surface area contributed by atoms with Crippen molar-refractivity contribution >= 4 is 10.9 Å². The number of aromatic nitrogens is 4. The molecule has 0 unspecified atom stereocenters. The van der Waals surface area contributed by atoms with Gasteiger partial charge in [-0.05, 0) is 38.4 Å². The molecule has 3 heterocycles. The zero-order valence-corrected chi connectivity index (χ0v) is 14.1. The standard InChI is InChI=1S/C19H23N5/c1-15-17-8-2-3-9-18(17)22-19(21-15)14-23-11-5-4-7-16(23)13-24-12-6-10-20-24/h2-3,6,8-10,12,16H,4-5,7,11,13-14H2,1H3/t16-/m1/s1. The van der Waals surface area contributed by atoms with E-state index >= 15 is 0 Å². The van der Waals surface area contributed by atoms with Crippen molar-refractivity contribution in [2.45, 2.75) is 45.3 Å². The maximum atomic E-state index is 4.79. The van der Waals surface area contributed by atoms with Gasteiger partial charge in [-0.15, -0.1) is 0 Å². The summed E-state index contributed by atoms with van der Waals surface area (Å²) in [4.78, 5) is 12.1. The molecule has 1 saturated heterocycles. The molecule has 0 aliphatic carbocycles. The molecule has 1 aliphatic heterocycles. The number of piperidine rings is 1. The van der Waals surface area contributed by atoms with Crippen LogP contribution in [0.4, 0.5) is 0 Å². The maximum Gasteiger partial charge on any atom is 0.143 e. The zero-order valence-electron chi connectivity index (χ0n) is 14.1. The number of fused-ring (bicyclic) bond motifs is 1. The first-order valence-corrected chi connectivity index (χ1v) is 8.73. The molecule has 24 heavy (non-hydrogen) atoms. The molecule has 1 aromatic carbocycles. The van der Waals surface area contributed by atoms with E-state index in [1.807, 2.05) is 35.3 Å². The van der Waals surface area contributed by atoms with Gasteiger partial charge in [0.15, 0.2) is 0 Å². The molecule has 1 aliphatic rings. The van der Waals surface area contributed by atoms with Crippen molar-refractivity contribution in [3.8, 4) is 0 Å². The number of rotatable bonds is 4. The second-order valence-corrected chi connectivity index (χ2v) is 6.59. The van der Waals surface area contributed by atoms with Gasteiger partial charge < -0.3 is 0 Å². The van der Waals surface area contributed by atoms with Gasteiger partial charge in [0.1, 0.15) is 5.82 Å². The van der Waals surface area contributed by atoms with E-state index < -0.39 is 0 Å². The third-order valence-corrected chi connectivity index (χ3v) is 4.89. The Bertz CT molecular complexity index is 812. The average molecular weight is 321 g/mol. The number of hydrogen-bond acceptors (Lipinski definition) is 4. The molecular weight excluding hydrogens is 298 g/mol. The van der Waals surface area contributed by atoms with Gasteiger partial charge in [-0.1, -0.05) is 24.6 Å². The van der Waals surface area contributed by atoms with Crippen LogP contribution in [-0.4, -0.2) is 37.2 Å². The number of likely N-dealkylation sites (tertiary alicyclic amines) is 1. The van der Waals surface area contributed by atoms with E-state index in [1.165, 1.54) is 19.3 Å². The summed E-state index contributed by atoms with van der Waals surface area (Å²) in [6, 6.07) is 10.8. The molecular formula is C19H23N5. The SMILES string of the molecule is Cc1nc(CN2CCCC[C@@H]2Cn2cccn2)nc2ccccc12. The van der Waals surface area contributed by atoms with E-state index in [9.17, 15) is 0 Å². The van der Waals surface area contributed by atoms with Gasteiger partial charge in [0.2, 0.25) is 0 Å². The normalized spacial score (nSPS) is 19.0. The van der Waals surface area contributed by atoms with Gasteiger partial charge in [0, 0.05) is 29.5 Å². The quantitative estimate of drug-likeness (QED) is 0.740. The second kappa shape index (κ2) is 6.69. The summed E-state index contributed by atoms with van der Waals surface area (Å²) < 4.78 is 2.04. The van der Waals surface area contributed by atoms with Crippen LogP contribution in [-0.2, 0) is 13.1 Å². The van der Waals surface area contributed by atoms with Crippen LogP contribution < -0.4 is 0 Å². The fraction of sp³-hybridized carbons (Fsp3) is 0.421. The Morgan fingerprint density at radius 3 is 2.92 bits per heavy atom. The molecule has 2 aromatic heterocycles. The largest absolute Gasteiger partial charge is 0.291 e. The molecule has 0 amide bonds. The molecule has 0 spiro atoms. The van der Waals surface area contributed by atoms with Gasteiger partial charge in [-0.25, -0.2) is 9.97 Å². The Hall–Kier alpha value is -2.27. The molecule has 0 saturated carbocycles. The Morgan fingerprint density at radius 2 is 2.04 bits per heavy atom. The smallest absolute Gasteiger partial charge is 0.143 e. The predicted molar refractivity (Wildman–Crippen MR) is 94.6 cm³/mol. The Morgan fingerprint density at radius 1 is 1.12 bits per heavy atom. The molecule has 1 atom stereocenters. The van der Waals surface area contributed by atoms with Crippen LogP contribution in [0, 0.1) is 6.92 Å². The summed E-state index contributed by atoms with van der Waals surface area (Å²) >= 11 is 0. The first kappa shape index (κ1) is 15.3. The minimum Gasteiger partial charge on any atom is -0.291 e. The van der Waals surface area contributed by atoms with Crippen molar-refractivity contribution < 1.29 is 0 Å². The van der Waals surface area contributed by atoms with E-state index in [-0.39, 0.29) is 0 Å². The molecule has 124 valence electrons. The van der Waals surface area contributed by atoms with Crippen LogP contribution in [0.1, 0.15) is 30.8 Å². The molecule has 0 radical (unpaired) electrons. The summed E-state index contributed by atoms with van der Waals surface area (Å²) in [5.74, 6) is 0.929. The lowest BCUT2D eigenvalue weighted by molar-refractivity contribution is 0.119. The van der Waals surface area contributed by atoms with Crippen molar-refractivity contribution in [2.24, 2.45) is 0 Å². The summed E-state index contributed by atoms with van der Waals surface area (Å²) in [6.07, 6.45) is 7.65. The van der Waals surface area contributed by atoms with Crippen LogP contribution in [0.3, 0.4) is 0 Å². The molecule has 0 bridgehead atoms. The summed E-state index contributed by atoms with van der Waals surface area (Å²) in [5, 5.41) is 5.51. The zero-order chi connectivity index (χ0) is 16.4. The number of nitrogens with zero attached hydrogens (tertiary/aromatic N) is 5.